The van der Waals surface area contributed by atoms with Crippen LogP contribution < -0.4 is 16.2 Å². The number of H-pyrrole nitrogens is 1. The first kappa shape index (κ1) is 11.2. The standard InChI is InChI=1S/C10H12N4O3/c1-17-9(16)6-4-7(8(15)13-5-6)14-10-11-2-3-12-10/h4-5H,2-3H2,1H3,(H,13,15)(H2,11,12,14). The number of guanidine groups is 1. The molecule has 7 nitrogen and oxygen atoms in total. The van der Waals surface area contributed by atoms with Crippen molar-refractivity contribution >= 4 is 17.6 Å². The summed E-state index contributed by atoms with van der Waals surface area (Å²) in [4.78, 5) is 29.4. The van der Waals surface area contributed by atoms with Crippen molar-refractivity contribution in [3.63, 3.8) is 0 Å². The lowest BCUT2D eigenvalue weighted by Crippen LogP contribution is -2.29. The monoisotopic (exact) mass is 236 g/mol. The second kappa shape index (κ2) is 4.69. The molecular formula is C10H12N4O3. The van der Waals surface area contributed by atoms with Crippen LogP contribution in [0, 0.1) is 0 Å². The second-order valence-electron chi connectivity index (χ2n) is 3.40. The summed E-state index contributed by atoms with van der Waals surface area (Å²) in [5.74, 6) is 0.0168. The third-order valence-electron chi connectivity index (χ3n) is 2.25. The van der Waals surface area contributed by atoms with Gasteiger partial charge in [-0.3, -0.25) is 9.79 Å². The zero-order chi connectivity index (χ0) is 12.3. The summed E-state index contributed by atoms with van der Waals surface area (Å²) in [5.41, 5.74) is 0.198. The van der Waals surface area contributed by atoms with Crippen molar-refractivity contribution in [1.29, 1.82) is 0 Å². The molecule has 0 unspecified atom stereocenters. The molecule has 1 aromatic rings. The molecule has 0 saturated carbocycles. The van der Waals surface area contributed by atoms with E-state index in [9.17, 15) is 9.59 Å². The molecule has 1 aliphatic heterocycles. The summed E-state index contributed by atoms with van der Waals surface area (Å²) < 4.78 is 4.57. The van der Waals surface area contributed by atoms with Crippen LogP contribution in [0.3, 0.4) is 0 Å². The summed E-state index contributed by atoms with van der Waals surface area (Å²) in [6.45, 7) is 1.40. The highest BCUT2D eigenvalue weighted by atomic mass is 16.5. The van der Waals surface area contributed by atoms with Gasteiger partial charge in [0.1, 0.15) is 5.69 Å². The molecule has 2 heterocycles. The van der Waals surface area contributed by atoms with E-state index in [2.05, 4.69) is 25.3 Å². The molecule has 17 heavy (non-hydrogen) atoms. The number of carbonyl (C=O) groups is 1. The number of esters is 1. The van der Waals surface area contributed by atoms with Gasteiger partial charge in [-0.1, -0.05) is 0 Å². The van der Waals surface area contributed by atoms with Gasteiger partial charge in [-0.25, -0.2) is 4.79 Å². The minimum absolute atomic E-state index is 0.251. The molecule has 0 radical (unpaired) electrons. The number of nitrogens with zero attached hydrogens (tertiary/aromatic N) is 1. The Balaban J connectivity index is 2.26. The molecule has 0 spiro atoms. The van der Waals surface area contributed by atoms with E-state index in [-0.39, 0.29) is 16.8 Å². The van der Waals surface area contributed by atoms with Crippen LogP contribution in [0.1, 0.15) is 10.4 Å². The lowest BCUT2D eigenvalue weighted by molar-refractivity contribution is 0.0600. The quantitative estimate of drug-likeness (QED) is 0.603. The van der Waals surface area contributed by atoms with Gasteiger partial charge in [0, 0.05) is 12.7 Å². The maximum atomic E-state index is 11.5. The lowest BCUT2D eigenvalue weighted by atomic mass is 10.2. The average Bonchev–Trinajstić information content (AvgIpc) is 2.84. The number of hydrogen-bond acceptors (Lipinski definition) is 6. The minimum Gasteiger partial charge on any atom is -0.465 e. The zero-order valence-electron chi connectivity index (χ0n) is 9.24. The fourth-order valence-electron chi connectivity index (χ4n) is 1.42. The van der Waals surface area contributed by atoms with Crippen LogP contribution in [0.15, 0.2) is 22.1 Å². The van der Waals surface area contributed by atoms with Crippen LogP contribution in [0.25, 0.3) is 0 Å². The van der Waals surface area contributed by atoms with Gasteiger partial charge < -0.3 is 20.4 Å². The van der Waals surface area contributed by atoms with E-state index >= 15 is 0 Å². The number of nitrogens with one attached hydrogen (secondary N) is 3. The Kier molecular flexibility index (Phi) is 3.08. The van der Waals surface area contributed by atoms with Crippen LogP contribution >= 0.6 is 0 Å². The third-order valence-corrected chi connectivity index (χ3v) is 2.25. The minimum atomic E-state index is -0.509. The topological polar surface area (TPSA) is 95.6 Å². The van der Waals surface area contributed by atoms with E-state index in [4.69, 9.17) is 0 Å². The predicted octanol–water partition coefficient (Wildman–Crippen LogP) is -0.467. The molecule has 0 bridgehead atoms. The molecule has 1 aliphatic rings. The van der Waals surface area contributed by atoms with Gasteiger partial charge in [0.2, 0.25) is 0 Å². The van der Waals surface area contributed by atoms with E-state index in [0.29, 0.717) is 12.5 Å². The molecule has 0 saturated heterocycles. The SMILES string of the molecule is COC(=O)c1c[nH]c(=O)c(NC2=NCCN2)c1. The largest absolute Gasteiger partial charge is 0.465 e. The van der Waals surface area contributed by atoms with Crippen LogP contribution in [-0.4, -0.2) is 37.1 Å². The van der Waals surface area contributed by atoms with Crippen molar-refractivity contribution in [2.45, 2.75) is 0 Å². The number of carbonyl (C=O) groups excluding carboxylic acids is 1. The van der Waals surface area contributed by atoms with Crippen LogP contribution in [-0.2, 0) is 4.74 Å². The highest BCUT2D eigenvalue weighted by molar-refractivity contribution is 5.96. The van der Waals surface area contributed by atoms with E-state index in [1.54, 1.807) is 0 Å². The number of aliphatic imine (C=N–C) groups is 1. The van der Waals surface area contributed by atoms with Gasteiger partial charge in [0.15, 0.2) is 5.96 Å². The average molecular weight is 236 g/mol. The van der Waals surface area contributed by atoms with Crippen LogP contribution in [0.5, 0.6) is 0 Å². The molecule has 1 aromatic heterocycles. The van der Waals surface area contributed by atoms with E-state index in [0.717, 1.165) is 6.54 Å². The smallest absolute Gasteiger partial charge is 0.339 e. The van der Waals surface area contributed by atoms with E-state index < -0.39 is 5.97 Å². The Bertz CT molecular complexity index is 521. The first-order valence-corrected chi connectivity index (χ1v) is 5.07. The van der Waals surface area contributed by atoms with Gasteiger partial charge >= 0.3 is 5.97 Å². The van der Waals surface area contributed by atoms with Gasteiger partial charge in [0.05, 0.1) is 19.2 Å². The van der Waals surface area contributed by atoms with E-state index in [1.807, 2.05) is 0 Å². The van der Waals surface area contributed by atoms with Crippen LogP contribution in [0.4, 0.5) is 5.69 Å². The summed E-state index contributed by atoms with van der Waals surface area (Å²) in [7, 11) is 1.28. The molecule has 0 aromatic carbocycles. The van der Waals surface area contributed by atoms with Crippen molar-refractivity contribution in [2.75, 3.05) is 25.5 Å². The fraction of sp³-hybridized carbons (Fsp3) is 0.300. The maximum absolute atomic E-state index is 11.5. The Morgan fingerprint density at radius 2 is 2.41 bits per heavy atom. The fourth-order valence-corrected chi connectivity index (χ4v) is 1.42. The second-order valence-corrected chi connectivity index (χ2v) is 3.40. The number of anilines is 1. The van der Waals surface area contributed by atoms with Crippen molar-refractivity contribution in [3.8, 4) is 0 Å². The Morgan fingerprint density at radius 1 is 1.59 bits per heavy atom. The molecule has 0 aliphatic carbocycles. The van der Waals surface area contributed by atoms with Crippen molar-refractivity contribution in [3.05, 3.63) is 28.2 Å². The number of rotatable bonds is 2. The maximum Gasteiger partial charge on any atom is 0.339 e. The molecule has 3 N–H and O–H groups in total. The van der Waals surface area contributed by atoms with Crippen molar-refractivity contribution < 1.29 is 9.53 Å². The van der Waals surface area contributed by atoms with Gasteiger partial charge in [-0.05, 0) is 6.07 Å². The summed E-state index contributed by atoms with van der Waals surface area (Å²) >= 11 is 0. The van der Waals surface area contributed by atoms with Crippen molar-refractivity contribution in [2.24, 2.45) is 4.99 Å². The third kappa shape index (κ3) is 2.44. The molecular weight excluding hydrogens is 224 g/mol. The number of hydrogen-bond donors (Lipinski definition) is 3. The lowest BCUT2D eigenvalue weighted by Gasteiger charge is -2.06. The molecule has 7 heteroatoms. The number of aromatic amines is 1. The molecule has 2 rings (SSSR count). The number of aromatic nitrogens is 1. The number of ether oxygens (including phenoxy) is 1. The highest BCUT2D eigenvalue weighted by Gasteiger charge is 2.11. The first-order valence-electron chi connectivity index (χ1n) is 5.07. The summed E-state index contributed by atoms with van der Waals surface area (Å²) in [6, 6.07) is 1.42. The van der Waals surface area contributed by atoms with Crippen molar-refractivity contribution in [1.82, 2.24) is 10.3 Å². The summed E-state index contributed by atoms with van der Waals surface area (Å²) in [6.07, 6.45) is 1.31. The first-order chi connectivity index (χ1) is 8.20. The Morgan fingerprint density at radius 3 is 3.06 bits per heavy atom. The van der Waals surface area contributed by atoms with Gasteiger partial charge in [0.25, 0.3) is 5.56 Å². The number of pyridine rings is 1. The molecule has 90 valence electrons. The van der Waals surface area contributed by atoms with Crippen LogP contribution in [0.2, 0.25) is 0 Å². The molecule has 0 fully saturated rings. The zero-order valence-corrected chi connectivity index (χ0v) is 9.24. The van der Waals surface area contributed by atoms with Gasteiger partial charge in [-0.15, -0.1) is 0 Å². The highest BCUT2D eigenvalue weighted by Crippen LogP contribution is 2.05. The van der Waals surface area contributed by atoms with E-state index in [1.165, 1.54) is 19.4 Å². The molecule has 0 atom stereocenters. The predicted molar refractivity (Wildman–Crippen MR) is 62.3 cm³/mol. The Labute approximate surface area is 96.9 Å². The Hall–Kier alpha value is -2.31. The van der Waals surface area contributed by atoms with Gasteiger partial charge in [-0.2, -0.15) is 0 Å². The number of methoxy groups -OCH3 is 1. The summed E-state index contributed by atoms with van der Waals surface area (Å²) in [5, 5.41) is 5.78. The normalized spacial score (nSPS) is 13.8. The molecule has 0 amide bonds.